The van der Waals surface area contributed by atoms with Crippen LogP contribution in [0.15, 0.2) is 72.8 Å². The first-order valence-electron chi connectivity index (χ1n) is 9.77. The van der Waals surface area contributed by atoms with Gasteiger partial charge in [-0.2, -0.15) is 5.26 Å². The highest BCUT2D eigenvalue weighted by molar-refractivity contribution is 5.92. The molecule has 4 nitrogen and oxygen atoms in total. The first-order chi connectivity index (χ1) is 14.5. The van der Waals surface area contributed by atoms with Crippen LogP contribution in [0.3, 0.4) is 0 Å². The van der Waals surface area contributed by atoms with Gasteiger partial charge in [-0.15, -0.1) is 0 Å². The Bertz CT molecular complexity index is 1020. The molecule has 30 heavy (non-hydrogen) atoms. The number of anilines is 1. The number of halogens is 1. The Hall–Kier alpha value is -3.65. The molecule has 0 spiro atoms. The summed E-state index contributed by atoms with van der Waals surface area (Å²) in [7, 11) is 0. The van der Waals surface area contributed by atoms with Crippen molar-refractivity contribution < 1.29 is 13.9 Å². The average molecular weight is 402 g/mol. The second kappa shape index (κ2) is 10.2. The summed E-state index contributed by atoms with van der Waals surface area (Å²) in [6, 6.07) is 23.2. The fourth-order valence-electron chi connectivity index (χ4n) is 3.11. The second-order valence-electron chi connectivity index (χ2n) is 7.13. The van der Waals surface area contributed by atoms with Crippen molar-refractivity contribution >= 4 is 11.6 Å². The summed E-state index contributed by atoms with van der Waals surface area (Å²) in [6.45, 7) is 2.25. The van der Waals surface area contributed by atoms with Gasteiger partial charge in [-0.3, -0.25) is 4.79 Å². The molecule has 1 amide bonds. The molecule has 0 aliphatic carbocycles. The van der Waals surface area contributed by atoms with E-state index in [0.29, 0.717) is 30.9 Å². The lowest BCUT2D eigenvalue weighted by atomic mass is 9.97. The SMILES string of the molecule is CC(CC(=O)Nc1ccccc1COc1ccc(CC#N)cc1)c1ccc(F)cc1. The number of ether oxygens (including phenoxy) is 1. The maximum atomic E-state index is 13.1. The van der Waals surface area contributed by atoms with Crippen molar-refractivity contribution in [2.45, 2.75) is 32.3 Å². The Morgan fingerprint density at radius 3 is 2.47 bits per heavy atom. The maximum Gasteiger partial charge on any atom is 0.224 e. The van der Waals surface area contributed by atoms with E-state index in [-0.39, 0.29) is 17.6 Å². The van der Waals surface area contributed by atoms with E-state index in [1.54, 1.807) is 12.1 Å². The Labute approximate surface area is 175 Å². The molecule has 0 saturated carbocycles. The average Bonchev–Trinajstić information content (AvgIpc) is 2.75. The molecule has 3 aromatic carbocycles. The standard InChI is InChI=1S/C25H23FN2O2/c1-18(20-8-10-22(26)11-9-20)16-25(29)28-24-5-3-2-4-21(24)17-30-23-12-6-19(7-13-23)14-15-27/h2-13,18H,14,16-17H2,1H3,(H,28,29). The molecule has 0 heterocycles. The highest BCUT2D eigenvalue weighted by Crippen LogP contribution is 2.23. The van der Waals surface area contributed by atoms with Crippen molar-refractivity contribution in [2.24, 2.45) is 0 Å². The number of benzene rings is 3. The van der Waals surface area contributed by atoms with Gasteiger partial charge in [-0.1, -0.05) is 49.4 Å². The number of nitrogens with zero attached hydrogens (tertiary/aromatic N) is 1. The molecule has 0 aliphatic rings. The number of hydrogen-bond acceptors (Lipinski definition) is 3. The van der Waals surface area contributed by atoms with E-state index in [9.17, 15) is 9.18 Å². The topological polar surface area (TPSA) is 62.1 Å². The number of amides is 1. The molecule has 3 rings (SSSR count). The highest BCUT2D eigenvalue weighted by atomic mass is 19.1. The van der Waals surface area contributed by atoms with Crippen LogP contribution >= 0.6 is 0 Å². The summed E-state index contributed by atoms with van der Waals surface area (Å²) < 4.78 is 18.9. The molecular weight excluding hydrogens is 379 g/mol. The minimum atomic E-state index is -0.288. The summed E-state index contributed by atoms with van der Waals surface area (Å²) in [5, 5.41) is 11.7. The van der Waals surface area contributed by atoms with Gasteiger partial charge >= 0.3 is 0 Å². The van der Waals surface area contributed by atoms with Crippen molar-refractivity contribution in [3.63, 3.8) is 0 Å². The number of carbonyl (C=O) groups is 1. The van der Waals surface area contributed by atoms with Crippen molar-refractivity contribution in [2.75, 3.05) is 5.32 Å². The summed E-state index contributed by atoms with van der Waals surface area (Å²) >= 11 is 0. The monoisotopic (exact) mass is 402 g/mol. The summed E-state index contributed by atoms with van der Waals surface area (Å²) in [4.78, 5) is 12.5. The predicted molar refractivity (Wildman–Crippen MR) is 115 cm³/mol. The van der Waals surface area contributed by atoms with Gasteiger partial charge < -0.3 is 10.1 Å². The third-order valence-electron chi connectivity index (χ3n) is 4.82. The molecule has 0 aromatic heterocycles. The van der Waals surface area contributed by atoms with Gasteiger partial charge in [0.05, 0.1) is 12.5 Å². The Morgan fingerprint density at radius 1 is 1.07 bits per heavy atom. The lowest BCUT2D eigenvalue weighted by Crippen LogP contribution is -2.16. The van der Waals surface area contributed by atoms with Crippen LogP contribution in [0.1, 0.15) is 36.0 Å². The van der Waals surface area contributed by atoms with Gasteiger partial charge in [0.1, 0.15) is 18.2 Å². The predicted octanol–water partition coefficient (Wildman–Crippen LogP) is 5.60. The number of nitriles is 1. The molecule has 0 saturated heterocycles. The van der Waals surface area contributed by atoms with E-state index in [4.69, 9.17) is 10.00 Å². The zero-order chi connectivity index (χ0) is 21.3. The van der Waals surface area contributed by atoms with E-state index in [1.165, 1.54) is 12.1 Å². The maximum absolute atomic E-state index is 13.1. The van der Waals surface area contributed by atoms with Gasteiger partial charge in [0.25, 0.3) is 0 Å². The Morgan fingerprint density at radius 2 is 1.77 bits per heavy atom. The van der Waals surface area contributed by atoms with E-state index < -0.39 is 0 Å². The number of nitrogens with one attached hydrogen (secondary N) is 1. The van der Waals surface area contributed by atoms with Crippen molar-refractivity contribution in [1.29, 1.82) is 5.26 Å². The van der Waals surface area contributed by atoms with E-state index in [0.717, 1.165) is 16.7 Å². The Kier molecular flexibility index (Phi) is 7.18. The fourth-order valence-corrected chi connectivity index (χ4v) is 3.11. The summed E-state index contributed by atoms with van der Waals surface area (Å²) in [5.74, 6) is 0.271. The molecule has 1 unspecified atom stereocenters. The van der Waals surface area contributed by atoms with Crippen LogP contribution in [0.25, 0.3) is 0 Å². The van der Waals surface area contributed by atoms with Crippen LogP contribution in [0.4, 0.5) is 10.1 Å². The molecule has 3 aromatic rings. The first kappa shape index (κ1) is 21.1. The third-order valence-corrected chi connectivity index (χ3v) is 4.82. The lowest BCUT2D eigenvalue weighted by Gasteiger charge is -2.15. The fraction of sp³-hybridized carbons (Fsp3) is 0.200. The highest BCUT2D eigenvalue weighted by Gasteiger charge is 2.13. The molecule has 0 aliphatic heterocycles. The molecule has 1 N–H and O–H groups in total. The van der Waals surface area contributed by atoms with Crippen molar-refractivity contribution in [3.8, 4) is 11.8 Å². The molecule has 152 valence electrons. The summed E-state index contributed by atoms with van der Waals surface area (Å²) in [5.41, 5.74) is 3.42. The molecule has 1 atom stereocenters. The van der Waals surface area contributed by atoms with Gasteiger partial charge in [0.2, 0.25) is 5.91 Å². The first-order valence-corrected chi connectivity index (χ1v) is 9.77. The number of carbonyl (C=O) groups excluding carboxylic acids is 1. The van der Waals surface area contributed by atoms with E-state index in [1.807, 2.05) is 55.5 Å². The molecular formula is C25H23FN2O2. The van der Waals surface area contributed by atoms with Crippen molar-refractivity contribution in [3.05, 3.63) is 95.3 Å². The van der Waals surface area contributed by atoms with Crippen LogP contribution in [-0.2, 0) is 17.8 Å². The minimum Gasteiger partial charge on any atom is -0.489 e. The zero-order valence-corrected chi connectivity index (χ0v) is 16.8. The quantitative estimate of drug-likeness (QED) is 0.533. The van der Waals surface area contributed by atoms with Gasteiger partial charge in [0, 0.05) is 17.7 Å². The van der Waals surface area contributed by atoms with E-state index in [2.05, 4.69) is 11.4 Å². The number of rotatable bonds is 8. The van der Waals surface area contributed by atoms with Gasteiger partial charge in [-0.25, -0.2) is 4.39 Å². The molecule has 0 radical (unpaired) electrons. The lowest BCUT2D eigenvalue weighted by molar-refractivity contribution is -0.116. The van der Waals surface area contributed by atoms with Crippen LogP contribution in [0, 0.1) is 17.1 Å². The van der Waals surface area contributed by atoms with Gasteiger partial charge in [0.15, 0.2) is 0 Å². The van der Waals surface area contributed by atoms with Gasteiger partial charge in [-0.05, 0) is 47.4 Å². The van der Waals surface area contributed by atoms with Crippen molar-refractivity contribution in [1.82, 2.24) is 0 Å². The van der Waals surface area contributed by atoms with Crippen LogP contribution in [0.5, 0.6) is 5.75 Å². The Balaban J connectivity index is 1.59. The van der Waals surface area contributed by atoms with E-state index >= 15 is 0 Å². The van der Waals surface area contributed by atoms with Crippen LogP contribution in [-0.4, -0.2) is 5.91 Å². The zero-order valence-electron chi connectivity index (χ0n) is 16.8. The summed E-state index contributed by atoms with van der Waals surface area (Å²) in [6.07, 6.45) is 0.659. The number of hydrogen-bond donors (Lipinski definition) is 1. The van der Waals surface area contributed by atoms with Crippen LogP contribution in [0.2, 0.25) is 0 Å². The largest absolute Gasteiger partial charge is 0.489 e. The molecule has 0 bridgehead atoms. The van der Waals surface area contributed by atoms with Crippen LogP contribution < -0.4 is 10.1 Å². The minimum absolute atomic E-state index is 0.0269. The second-order valence-corrected chi connectivity index (χ2v) is 7.13. The normalized spacial score (nSPS) is 11.4. The molecule has 0 fully saturated rings. The third kappa shape index (κ3) is 5.92. The molecule has 5 heteroatoms. The smallest absolute Gasteiger partial charge is 0.224 e. The number of para-hydroxylation sites is 1.